The molecule has 0 amide bonds. The van der Waals surface area contributed by atoms with Crippen LogP contribution in [0, 0.1) is 5.92 Å². The topological polar surface area (TPSA) is 57.5 Å². The van der Waals surface area contributed by atoms with E-state index in [2.05, 4.69) is 57.4 Å². The third kappa shape index (κ3) is 3.70. The Hall–Kier alpha value is -3.09. The van der Waals surface area contributed by atoms with Gasteiger partial charge in [0.05, 0.1) is 5.92 Å². The van der Waals surface area contributed by atoms with Gasteiger partial charge < -0.3 is 14.7 Å². The molecule has 32 heavy (non-hydrogen) atoms. The molecule has 3 aromatic carbocycles. The number of fused-ring (bicyclic) bond motifs is 4. The van der Waals surface area contributed by atoms with Gasteiger partial charge in [-0.1, -0.05) is 41.6 Å². The number of hydrogen-bond donors (Lipinski definition) is 1. The largest absolute Gasteiger partial charge is 0.508 e. The number of phenolic OH excluding ortho intramolecular Hbond substituents is 1. The Morgan fingerprint density at radius 2 is 1.72 bits per heavy atom. The molecule has 6 heteroatoms. The number of piperazine rings is 1. The molecular formula is C26H27N3O3. The predicted octanol–water partition coefficient (Wildman–Crippen LogP) is 3.47. The van der Waals surface area contributed by atoms with Gasteiger partial charge in [0.1, 0.15) is 23.8 Å². The molecule has 6 nitrogen and oxygen atoms in total. The van der Waals surface area contributed by atoms with Gasteiger partial charge in [0.2, 0.25) is 0 Å². The molecule has 0 saturated carbocycles. The summed E-state index contributed by atoms with van der Waals surface area (Å²) in [6.45, 7) is 6.56. The minimum absolute atomic E-state index is 0.0130. The second-order valence-electron chi connectivity index (χ2n) is 8.98. The summed E-state index contributed by atoms with van der Waals surface area (Å²) in [5.41, 5.74) is 3.26. The monoisotopic (exact) mass is 429 g/mol. The minimum atomic E-state index is 0.0130. The first-order chi connectivity index (χ1) is 15.7. The van der Waals surface area contributed by atoms with Gasteiger partial charge in [0.25, 0.3) is 0 Å². The highest BCUT2D eigenvalue weighted by molar-refractivity contribution is 6.06. The van der Waals surface area contributed by atoms with Crippen molar-refractivity contribution in [1.29, 1.82) is 0 Å². The van der Waals surface area contributed by atoms with Crippen LogP contribution < -0.4 is 4.74 Å². The highest BCUT2D eigenvalue weighted by Gasteiger charge is 2.40. The van der Waals surface area contributed by atoms with Crippen molar-refractivity contribution in [1.82, 2.24) is 9.80 Å². The zero-order chi connectivity index (χ0) is 21.5. The Morgan fingerprint density at radius 1 is 0.906 bits per heavy atom. The van der Waals surface area contributed by atoms with Crippen LogP contribution in [0.2, 0.25) is 0 Å². The molecule has 1 N–H and O–H groups in total. The van der Waals surface area contributed by atoms with Gasteiger partial charge in [0.15, 0.2) is 6.10 Å². The Labute approximate surface area is 187 Å². The van der Waals surface area contributed by atoms with E-state index in [9.17, 15) is 5.11 Å². The van der Waals surface area contributed by atoms with Crippen LogP contribution in [0.1, 0.15) is 11.1 Å². The molecule has 164 valence electrons. The van der Waals surface area contributed by atoms with Crippen LogP contribution in [0.25, 0.3) is 10.8 Å². The van der Waals surface area contributed by atoms with Gasteiger partial charge in [-0.15, -0.1) is 0 Å². The minimum Gasteiger partial charge on any atom is -0.508 e. The fourth-order valence-corrected chi connectivity index (χ4v) is 5.04. The van der Waals surface area contributed by atoms with Gasteiger partial charge in [0, 0.05) is 50.9 Å². The van der Waals surface area contributed by atoms with Crippen molar-refractivity contribution in [2.45, 2.75) is 12.6 Å². The number of oxime groups is 1. The van der Waals surface area contributed by atoms with Crippen LogP contribution in [0.4, 0.5) is 0 Å². The van der Waals surface area contributed by atoms with Crippen molar-refractivity contribution in [2.75, 3.05) is 39.3 Å². The van der Waals surface area contributed by atoms with E-state index in [4.69, 9.17) is 9.57 Å². The van der Waals surface area contributed by atoms with Crippen molar-refractivity contribution in [3.05, 3.63) is 71.8 Å². The first kappa shape index (κ1) is 19.6. The second-order valence-corrected chi connectivity index (χ2v) is 8.98. The molecule has 0 aromatic heterocycles. The van der Waals surface area contributed by atoms with Crippen LogP contribution in [0.5, 0.6) is 11.5 Å². The fourth-order valence-electron chi connectivity index (χ4n) is 5.04. The quantitative estimate of drug-likeness (QED) is 0.688. The molecule has 3 aliphatic rings. The summed E-state index contributed by atoms with van der Waals surface area (Å²) in [5.74, 6) is 1.04. The summed E-state index contributed by atoms with van der Waals surface area (Å²) in [4.78, 5) is 10.9. The number of aromatic hydroxyl groups is 1. The van der Waals surface area contributed by atoms with Gasteiger partial charge >= 0.3 is 0 Å². The van der Waals surface area contributed by atoms with Crippen molar-refractivity contribution in [3.63, 3.8) is 0 Å². The Balaban J connectivity index is 1.04. The lowest BCUT2D eigenvalue weighted by molar-refractivity contribution is 0.00850. The molecule has 0 bridgehead atoms. The smallest absolute Gasteiger partial charge is 0.151 e. The molecule has 1 saturated heterocycles. The summed E-state index contributed by atoms with van der Waals surface area (Å²) in [6.07, 6.45) is 0.0130. The van der Waals surface area contributed by atoms with E-state index in [1.165, 1.54) is 16.3 Å². The summed E-state index contributed by atoms with van der Waals surface area (Å²) < 4.78 is 5.90. The first-order valence-electron chi connectivity index (χ1n) is 11.4. The van der Waals surface area contributed by atoms with E-state index >= 15 is 0 Å². The van der Waals surface area contributed by atoms with Crippen LogP contribution >= 0.6 is 0 Å². The van der Waals surface area contributed by atoms with Crippen molar-refractivity contribution >= 4 is 16.5 Å². The lowest BCUT2D eigenvalue weighted by Gasteiger charge is -2.36. The Morgan fingerprint density at radius 3 is 2.59 bits per heavy atom. The van der Waals surface area contributed by atoms with E-state index in [-0.39, 0.29) is 17.8 Å². The predicted molar refractivity (Wildman–Crippen MR) is 124 cm³/mol. The van der Waals surface area contributed by atoms with Gasteiger partial charge in [-0.3, -0.25) is 9.80 Å². The molecule has 3 aromatic rings. The number of hydrogen-bond acceptors (Lipinski definition) is 6. The van der Waals surface area contributed by atoms with Crippen molar-refractivity contribution in [2.24, 2.45) is 11.1 Å². The molecule has 6 rings (SSSR count). The first-order valence-corrected chi connectivity index (χ1v) is 11.4. The van der Waals surface area contributed by atoms with Crippen LogP contribution in [0.15, 0.2) is 65.8 Å². The molecule has 0 radical (unpaired) electrons. The summed E-state index contributed by atoms with van der Waals surface area (Å²) >= 11 is 0. The fraction of sp³-hybridized carbons (Fsp3) is 0.346. The van der Waals surface area contributed by atoms with E-state index in [0.29, 0.717) is 12.4 Å². The van der Waals surface area contributed by atoms with Gasteiger partial charge in [-0.2, -0.15) is 0 Å². The summed E-state index contributed by atoms with van der Waals surface area (Å²) in [5, 5.41) is 16.7. The summed E-state index contributed by atoms with van der Waals surface area (Å²) in [7, 11) is 0. The molecule has 0 aliphatic carbocycles. The average molecular weight is 430 g/mol. The second kappa shape index (κ2) is 8.11. The van der Waals surface area contributed by atoms with E-state index < -0.39 is 0 Å². The third-order valence-electron chi connectivity index (χ3n) is 6.87. The third-order valence-corrected chi connectivity index (χ3v) is 6.87. The highest BCUT2D eigenvalue weighted by Crippen LogP contribution is 2.36. The number of benzene rings is 3. The highest BCUT2D eigenvalue weighted by atomic mass is 16.6. The standard InChI is InChI=1S/C26H27N3O3/c30-21-7-8-22-24(14-21)31-17-23-25(32-27-26(22)23)16-29-11-9-28(10-12-29)15-18-5-6-19-3-1-2-4-20(19)13-18/h1-8,13-14,23,25,30H,9-12,15-17H2. The SMILES string of the molecule is Oc1ccc2c(c1)OCC1C2=NOC1CN1CCN(Cc2ccc3ccccc3c2)CC1. The van der Waals surface area contributed by atoms with Crippen molar-refractivity contribution < 1.29 is 14.7 Å². The zero-order valence-corrected chi connectivity index (χ0v) is 18.0. The lowest BCUT2D eigenvalue weighted by atomic mass is 9.90. The van der Waals surface area contributed by atoms with E-state index in [0.717, 1.165) is 50.5 Å². The number of nitrogens with zero attached hydrogens (tertiary/aromatic N) is 3. The molecule has 2 unspecified atom stereocenters. The maximum atomic E-state index is 9.70. The van der Waals surface area contributed by atoms with Crippen LogP contribution in [-0.2, 0) is 11.4 Å². The average Bonchev–Trinajstić information content (AvgIpc) is 3.23. The molecule has 2 atom stereocenters. The van der Waals surface area contributed by atoms with Gasteiger partial charge in [-0.25, -0.2) is 0 Å². The molecule has 3 heterocycles. The lowest BCUT2D eigenvalue weighted by Crippen LogP contribution is -2.50. The Bertz CT molecular complexity index is 1170. The van der Waals surface area contributed by atoms with Crippen molar-refractivity contribution in [3.8, 4) is 11.5 Å². The molecule has 3 aliphatic heterocycles. The normalized spacial score (nSPS) is 23.2. The maximum Gasteiger partial charge on any atom is 0.151 e. The number of ether oxygens (including phenoxy) is 1. The molecule has 1 fully saturated rings. The van der Waals surface area contributed by atoms with E-state index in [1.807, 2.05) is 6.07 Å². The maximum absolute atomic E-state index is 9.70. The number of rotatable bonds is 4. The van der Waals surface area contributed by atoms with Crippen LogP contribution in [0.3, 0.4) is 0 Å². The molecular weight excluding hydrogens is 402 g/mol. The van der Waals surface area contributed by atoms with E-state index in [1.54, 1.807) is 12.1 Å². The van der Waals surface area contributed by atoms with Gasteiger partial charge in [-0.05, 0) is 34.5 Å². The molecule has 0 spiro atoms. The Kier molecular flexibility index (Phi) is 4.97. The summed E-state index contributed by atoms with van der Waals surface area (Å²) in [6, 6.07) is 20.5. The number of phenols is 1. The van der Waals surface area contributed by atoms with Crippen LogP contribution in [-0.4, -0.2) is 66.1 Å². The zero-order valence-electron chi connectivity index (χ0n) is 18.0.